The first-order valence-electron chi connectivity index (χ1n) is 15.7. The molecule has 0 aliphatic carbocycles. The minimum Gasteiger partial charge on any atom is -0.0617 e. The van der Waals surface area contributed by atoms with E-state index in [4.69, 9.17) is 15.0 Å². The van der Waals surface area contributed by atoms with Gasteiger partial charge in [-0.25, -0.2) is 0 Å². The molecule has 0 unspecified atom stereocenters. The van der Waals surface area contributed by atoms with Crippen molar-refractivity contribution in [3.63, 3.8) is 0 Å². The Morgan fingerprint density at radius 3 is 1.51 bits per heavy atom. The molecule has 0 aliphatic rings. The summed E-state index contributed by atoms with van der Waals surface area (Å²) in [6.45, 7) is 0. The molecule has 9 rings (SSSR count). The molecular weight excluding hydrogens is 637 g/mol. The fourth-order valence-corrected chi connectivity index (χ4v) is 9.05. The van der Waals surface area contributed by atoms with Crippen molar-refractivity contribution in [3.8, 4) is 56.4 Å². The number of hydrogen-bond acceptors (Lipinski definition) is 3. The van der Waals surface area contributed by atoms with Crippen molar-refractivity contribution in [3.05, 3.63) is 164 Å². The van der Waals surface area contributed by atoms with Gasteiger partial charge in [-0.1, -0.05) is 36.4 Å². The van der Waals surface area contributed by atoms with Gasteiger partial charge in [-0.2, -0.15) is 0 Å². The van der Waals surface area contributed by atoms with E-state index in [0.29, 0.717) is 17.5 Å². The van der Waals surface area contributed by atoms with Crippen LogP contribution in [0.4, 0.5) is 0 Å². The number of rotatable bonds is 5. The van der Waals surface area contributed by atoms with Crippen molar-refractivity contribution in [1.29, 1.82) is 0 Å². The predicted octanol–water partition coefficient (Wildman–Crippen LogP) is 10.7. The van der Waals surface area contributed by atoms with E-state index in [1.165, 1.54) is 41.4 Å². The second-order valence-corrected chi connectivity index (χ2v) is 13.8. The van der Waals surface area contributed by atoms with Gasteiger partial charge >= 0.3 is 232 Å². The standard InChI is InChI=1S/C43H27N3Se/c1-3-12-28(13-4-1)29-22-24-31(25-23-29)42-44-41(30-14-5-2-6-15-30)45-43(46-42)38-27-26-34(32-16-7-8-17-33(32)38)36-19-11-20-37-35-18-9-10-21-39(35)47-40(36)37/h1-27H. The Morgan fingerprint density at radius 2 is 0.787 bits per heavy atom. The third-order valence-corrected chi connectivity index (χ3v) is 11.3. The SMILES string of the molecule is c1ccc(-c2ccc(-c3nc(-c4ccccc4)nc(-c4ccc(-c5cccc6c5[se]c5ccccc56)c5ccccc45)n3)cc2)cc1. The molecule has 0 radical (unpaired) electrons. The van der Waals surface area contributed by atoms with E-state index >= 15 is 0 Å². The van der Waals surface area contributed by atoms with E-state index in [0.717, 1.165) is 27.6 Å². The van der Waals surface area contributed by atoms with Crippen LogP contribution in [0.5, 0.6) is 0 Å². The van der Waals surface area contributed by atoms with Gasteiger partial charge in [0.15, 0.2) is 0 Å². The van der Waals surface area contributed by atoms with Crippen molar-refractivity contribution in [2.45, 2.75) is 0 Å². The Labute approximate surface area is 278 Å². The molecule has 2 aromatic heterocycles. The van der Waals surface area contributed by atoms with Crippen LogP contribution < -0.4 is 0 Å². The summed E-state index contributed by atoms with van der Waals surface area (Å²) in [6, 6.07) is 57.7. The third-order valence-electron chi connectivity index (χ3n) is 8.78. The van der Waals surface area contributed by atoms with Crippen molar-refractivity contribution in [2.75, 3.05) is 0 Å². The number of hydrogen-bond donors (Lipinski definition) is 0. The zero-order chi connectivity index (χ0) is 31.2. The number of aromatic nitrogens is 3. The molecule has 0 atom stereocenters. The summed E-state index contributed by atoms with van der Waals surface area (Å²) in [5.74, 6) is 1.98. The van der Waals surface area contributed by atoms with Gasteiger partial charge in [0.05, 0.1) is 0 Å². The van der Waals surface area contributed by atoms with Crippen LogP contribution >= 0.6 is 0 Å². The molecule has 3 nitrogen and oxygen atoms in total. The second kappa shape index (κ2) is 11.6. The van der Waals surface area contributed by atoms with Gasteiger partial charge < -0.3 is 0 Å². The summed E-state index contributed by atoms with van der Waals surface area (Å²) < 4.78 is 2.90. The number of fused-ring (bicyclic) bond motifs is 4. The van der Waals surface area contributed by atoms with Crippen molar-refractivity contribution >= 4 is 44.6 Å². The number of benzene rings is 7. The summed E-state index contributed by atoms with van der Waals surface area (Å²) in [7, 11) is 0. The summed E-state index contributed by atoms with van der Waals surface area (Å²) in [6.07, 6.45) is 0. The molecule has 0 saturated carbocycles. The summed E-state index contributed by atoms with van der Waals surface area (Å²) in [5, 5.41) is 5.05. The van der Waals surface area contributed by atoms with Crippen LogP contribution in [0.25, 0.3) is 86.5 Å². The molecular formula is C43H27N3Se. The van der Waals surface area contributed by atoms with E-state index in [-0.39, 0.29) is 14.5 Å². The molecule has 0 N–H and O–H groups in total. The molecule has 0 fully saturated rings. The van der Waals surface area contributed by atoms with Gasteiger partial charge in [0.25, 0.3) is 0 Å². The van der Waals surface area contributed by atoms with Crippen LogP contribution in [-0.2, 0) is 0 Å². The Balaban J connectivity index is 1.22. The Hall–Kier alpha value is -5.67. The number of nitrogens with zero attached hydrogens (tertiary/aromatic N) is 3. The van der Waals surface area contributed by atoms with Crippen molar-refractivity contribution in [2.24, 2.45) is 0 Å². The van der Waals surface area contributed by atoms with Gasteiger partial charge in [0, 0.05) is 0 Å². The normalized spacial score (nSPS) is 11.4. The first kappa shape index (κ1) is 27.6. The molecule has 9 aromatic rings. The maximum atomic E-state index is 5.12. The van der Waals surface area contributed by atoms with E-state index < -0.39 is 0 Å². The Kier molecular flexibility index (Phi) is 6.82. The summed E-state index contributed by atoms with van der Waals surface area (Å²) in [4.78, 5) is 15.2. The van der Waals surface area contributed by atoms with Crippen LogP contribution in [0.2, 0.25) is 0 Å². The van der Waals surface area contributed by atoms with Crippen LogP contribution in [0.15, 0.2) is 164 Å². The van der Waals surface area contributed by atoms with E-state index in [9.17, 15) is 0 Å². The quantitative estimate of drug-likeness (QED) is 0.172. The first-order valence-corrected chi connectivity index (χ1v) is 17.4. The molecule has 0 saturated heterocycles. The van der Waals surface area contributed by atoms with E-state index in [1.807, 2.05) is 24.3 Å². The summed E-state index contributed by atoms with van der Waals surface area (Å²) >= 11 is 0.256. The van der Waals surface area contributed by atoms with Gasteiger partial charge in [0.2, 0.25) is 0 Å². The molecule has 0 amide bonds. The van der Waals surface area contributed by atoms with Crippen molar-refractivity contribution in [1.82, 2.24) is 15.0 Å². The second-order valence-electron chi connectivity index (χ2n) is 11.6. The molecule has 4 heteroatoms. The monoisotopic (exact) mass is 665 g/mol. The van der Waals surface area contributed by atoms with Crippen LogP contribution in [-0.4, -0.2) is 29.5 Å². The zero-order valence-electron chi connectivity index (χ0n) is 25.3. The smallest absolute Gasteiger partial charge is 0.0617 e. The average molecular weight is 665 g/mol. The average Bonchev–Trinajstić information content (AvgIpc) is 3.54. The molecule has 0 aliphatic heterocycles. The van der Waals surface area contributed by atoms with Crippen LogP contribution in [0, 0.1) is 0 Å². The molecule has 7 aromatic carbocycles. The minimum absolute atomic E-state index is 0.256. The minimum atomic E-state index is 0.256. The van der Waals surface area contributed by atoms with Crippen LogP contribution in [0.3, 0.4) is 0 Å². The molecule has 47 heavy (non-hydrogen) atoms. The van der Waals surface area contributed by atoms with E-state index in [2.05, 4.69) is 140 Å². The molecule has 0 spiro atoms. The van der Waals surface area contributed by atoms with Gasteiger partial charge in [-0.15, -0.1) is 0 Å². The Morgan fingerprint density at radius 1 is 0.298 bits per heavy atom. The van der Waals surface area contributed by atoms with Gasteiger partial charge in [-0.3, -0.25) is 0 Å². The van der Waals surface area contributed by atoms with Gasteiger partial charge in [-0.05, 0) is 11.1 Å². The molecule has 220 valence electrons. The first-order chi connectivity index (χ1) is 23.3. The molecule has 2 heterocycles. The fraction of sp³-hybridized carbons (Fsp3) is 0. The Bertz CT molecular complexity index is 2550. The maximum absolute atomic E-state index is 5.12. The summed E-state index contributed by atoms with van der Waals surface area (Å²) in [5.41, 5.74) is 7.79. The third kappa shape index (κ3) is 4.96. The van der Waals surface area contributed by atoms with E-state index in [1.54, 1.807) is 0 Å². The van der Waals surface area contributed by atoms with Crippen LogP contribution in [0.1, 0.15) is 0 Å². The molecule has 0 bridgehead atoms. The topological polar surface area (TPSA) is 38.7 Å². The zero-order valence-corrected chi connectivity index (χ0v) is 27.1. The van der Waals surface area contributed by atoms with Crippen molar-refractivity contribution < 1.29 is 0 Å². The van der Waals surface area contributed by atoms with Gasteiger partial charge in [0.1, 0.15) is 0 Å². The predicted molar refractivity (Wildman–Crippen MR) is 196 cm³/mol. The fourth-order valence-electron chi connectivity index (χ4n) is 6.47.